The van der Waals surface area contributed by atoms with Crippen LogP contribution in [0.15, 0.2) is 18.3 Å². The highest BCUT2D eigenvalue weighted by molar-refractivity contribution is 5.78. The largest absolute Gasteiger partial charge is 0.481 e. The number of hydrogen-bond donors (Lipinski definition) is 1. The van der Waals surface area contributed by atoms with Crippen molar-refractivity contribution in [3.05, 3.63) is 29.6 Å². The molecule has 0 amide bonds. The molecule has 1 unspecified atom stereocenters. The summed E-state index contributed by atoms with van der Waals surface area (Å²) in [5, 5.41) is 8.86. The zero-order chi connectivity index (χ0) is 10.6. The van der Waals surface area contributed by atoms with Gasteiger partial charge in [-0.1, -0.05) is 6.92 Å². The number of carboxylic acids is 1. The van der Waals surface area contributed by atoms with Crippen LogP contribution >= 0.6 is 0 Å². The van der Waals surface area contributed by atoms with Crippen molar-refractivity contribution in [2.75, 3.05) is 0 Å². The second-order valence-corrected chi connectivity index (χ2v) is 2.93. The fourth-order valence-corrected chi connectivity index (χ4v) is 1.24. The maximum Gasteiger partial charge on any atom is 0.312 e. The van der Waals surface area contributed by atoms with Gasteiger partial charge in [-0.3, -0.25) is 14.6 Å². The normalized spacial score (nSPS) is 12.1. The predicted molar refractivity (Wildman–Crippen MR) is 50.3 cm³/mol. The number of hydrogen-bond acceptors (Lipinski definition) is 3. The van der Waals surface area contributed by atoms with E-state index in [1.807, 2.05) is 0 Å². The summed E-state index contributed by atoms with van der Waals surface area (Å²) < 4.78 is 0. The van der Waals surface area contributed by atoms with Crippen molar-refractivity contribution >= 4 is 12.3 Å². The van der Waals surface area contributed by atoms with Crippen LogP contribution in [0, 0.1) is 0 Å². The fraction of sp³-hybridized carbons (Fsp3) is 0.300. The van der Waals surface area contributed by atoms with Crippen LogP contribution in [0.5, 0.6) is 0 Å². The number of carboxylic acid groups (broad SMARTS) is 1. The zero-order valence-electron chi connectivity index (χ0n) is 7.80. The van der Waals surface area contributed by atoms with E-state index in [1.165, 1.54) is 12.3 Å². The third-order valence-corrected chi connectivity index (χ3v) is 2.00. The summed E-state index contributed by atoms with van der Waals surface area (Å²) in [5.41, 5.74) is 0.888. The quantitative estimate of drug-likeness (QED) is 0.735. The number of pyridine rings is 1. The number of aldehydes is 1. The van der Waals surface area contributed by atoms with Crippen LogP contribution in [0.25, 0.3) is 0 Å². The minimum absolute atomic E-state index is 0.435. The number of aliphatic carboxylic acids is 1. The molecule has 0 spiro atoms. The van der Waals surface area contributed by atoms with Gasteiger partial charge in [0.05, 0.1) is 11.6 Å². The molecule has 1 N–H and O–H groups in total. The maximum atomic E-state index is 10.8. The summed E-state index contributed by atoms with van der Waals surface area (Å²) in [7, 11) is 0. The van der Waals surface area contributed by atoms with Gasteiger partial charge >= 0.3 is 5.97 Å². The molecule has 4 heteroatoms. The lowest BCUT2D eigenvalue weighted by atomic mass is 10.0. The van der Waals surface area contributed by atoms with E-state index in [2.05, 4.69) is 4.98 Å². The Morgan fingerprint density at radius 3 is 2.93 bits per heavy atom. The predicted octanol–water partition coefficient (Wildman–Crippen LogP) is 1.47. The molecule has 0 saturated carbocycles. The van der Waals surface area contributed by atoms with Gasteiger partial charge in [-0.05, 0) is 18.6 Å². The average Bonchev–Trinajstić information content (AvgIpc) is 2.19. The van der Waals surface area contributed by atoms with Crippen molar-refractivity contribution in [2.45, 2.75) is 19.3 Å². The van der Waals surface area contributed by atoms with Gasteiger partial charge in [0.15, 0.2) is 0 Å². The summed E-state index contributed by atoms with van der Waals surface area (Å²) in [6.45, 7) is 1.77. The summed E-state index contributed by atoms with van der Waals surface area (Å²) >= 11 is 0. The number of nitrogens with zero attached hydrogens (tertiary/aromatic N) is 1. The molecule has 14 heavy (non-hydrogen) atoms. The summed E-state index contributed by atoms with van der Waals surface area (Å²) in [6, 6.07) is 3.06. The Morgan fingerprint density at radius 1 is 1.71 bits per heavy atom. The highest BCUT2D eigenvalue weighted by atomic mass is 16.4. The van der Waals surface area contributed by atoms with Crippen molar-refractivity contribution in [1.29, 1.82) is 0 Å². The molecule has 0 radical (unpaired) electrons. The van der Waals surface area contributed by atoms with E-state index in [0.29, 0.717) is 24.0 Å². The van der Waals surface area contributed by atoms with E-state index < -0.39 is 11.9 Å². The van der Waals surface area contributed by atoms with E-state index in [-0.39, 0.29) is 0 Å². The van der Waals surface area contributed by atoms with Crippen LogP contribution in [-0.4, -0.2) is 22.3 Å². The van der Waals surface area contributed by atoms with Gasteiger partial charge in [0.2, 0.25) is 0 Å². The molecule has 74 valence electrons. The lowest BCUT2D eigenvalue weighted by molar-refractivity contribution is -0.138. The summed E-state index contributed by atoms with van der Waals surface area (Å²) in [5.74, 6) is -1.54. The molecular weight excluding hydrogens is 182 g/mol. The third kappa shape index (κ3) is 2.16. The van der Waals surface area contributed by atoms with Gasteiger partial charge in [0.1, 0.15) is 6.29 Å². The topological polar surface area (TPSA) is 67.3 Å². The van der Waals surface area contributed by atoms with E-state index >= 15 is 0 Å². The number of carbonyl (C=O) groups excluding carboxylic acids is 1. The van der Waals surface area contributed by atoms with Gasteiger partial charge in [0, 0.05) is 11.8 Å². The molecule has 1 atom stereocenters. The highest BCUT2D eigenvalue weighted by Crippen LogP contribution is 2.17. The van der Waals surface area contributed by atoms with Gasteiger partial charge < -0.3 is 5.11 Å². The molecule has 1 aromatic rings. The van der Waals surface area contributed by atoms with Crippen LogP contribution < -0.4 is 0 Å². The zero-order valence-corrected chi connectivity index (χ0v) is 7.80. The fourth-order valence-electron chi connectivity index (χ4n) is 1.24. The molecular formula is C10H11NO3. The number of aromatic nitrogens is 1. The van der Waals surface area contributed by atoms with Crippen molar-refractivity contribution in [3.8, 4) is 0 Å². The Morgan fingerprint density at radius 2 is 2.43 bits per heavy atom. The van der Waals surface area contributed by atoms with E-state index in [4.69, 9.17) is 5.11 Å². The molecule has 0 aliphatic rings. The van der Waals surface area contributed by atoms with Crippen LogP contribution in [0.1, 0.15) is 35.3 Å². The van der Waals surface area contributed by atoms with Crippen LogP contribution in [0.2, 0.25) is 0 Å². The summed E-state index contributed by atoms with van der Waals surface area (Å²) in [6.07, 6.45) is 2.59. The first-order valence-electron chi connectivity index (χ1n) is 4.33. The van der Waals surface area contributed by atoms with Crippen LogP contribution in [-0.2, 0) is 4.79 Å². The van der Waals surface area contributed by atoms with Gasteiger partial charge in [-0.2, -0.15) is 0 Å². The van der Waals surface area contributed by atoms with Crippen molar-refractivity contribution in [2.24, 2.45) is 0 Å². The molecule has 0 saturated heterocycles. The third-order valence-electron chi connectivity index (χ3n) is 2.00. The smallest absolute Gasteiger partial charge is 0.312 e. The van der Waals surface area contributed by atoms with E-state index in [9.17, 15) is 9.59 Å². The van der Waals surface area contributed by atoms with Crippen LogP contribution in [0.3, 0.4) is 0 Å². The SMILES string of the molecule is CCC(C(=O)O)c1cc(C=O)ccn1. The highest BCUT2D eigenvalue weighted by Gasteiger charge is 2.18. The number of rotatable bonds is 4. The second kappa shape index (κ2) is 4.50. The van der Waals surface area contributed by atoms with Gasteiger partial charge in [0.25, 0.3) is 0 Å². The Kier molecular flexibility index (Phi) is 3.34. The summed E-state index contributed by atoms with van der Waals surface area (Å²) in [4.78, 5) is 25.2. The molecule has 4 nitrogen and oxygen atoms in total. The van der Waals surface area contributed by atoms with E-state index in [1.54, 1.807) is 13.0 Å². The Balaban J connectivity index is 3.03. The first-order chi connectivity index (χ1) is 6.69. The molecule has 1 heterocycles. The minimum atomic E-state index is -0.914. The Bertz CT molecular complexity index is 349. The minimum Gasteiger partial charge on any atom is -0.481 e. The van der Waals surface area contributed by atoms with Crippen molar-refractivity contribution in [3.63, 3.8) is 0 Å². The molecule has 0 aliphatic carbocycles. The monoisotopic (exact) mass is 193 g/mol. The molecule has 1 rings (SSSR count). The number of carbonyl (C=O) groups is 2. The molecule has 1 aromatic heterocycles. The lowest BCUT2D eigenvalue weighted by Crippen LogP contribution is -2.12. The lowest BCUT2D eigenvalue weighted by Gasteiger charge is -2.08. The molecule has 0 fully saturated rings. The van der Waals surface area contributed by atoms with Gasteiger partial charge in [-0.25, -0.2) is 0 Å². The Hall–Kier alpha value is -1.71. The first-order valence-corrected chi connectivity index (χ1v) is 4.33. The second-order valence-electron chi connectivity index (χ2n) is 2.93. The standard InChI is InChI=1S/C10H11NO3/c1-2-8(10(13)14)9-5-7(6-12)3-4-11-9/h3-6,8H,2H2,1H3,(H,13,14). The average molecular weight is 193 g/mol. The molecule has 0 aliphatic heterocycles. The van der Waals surface area contributed by atoms with Crippen LogP contribution in [0.4, 0.5) is 0 Å². The maximum absolute atomic E-state index is 10.8. The first kappa shape index (κ1) is 10.4. The van der Waals surface area contributed by atoms with Crippen molar-refractivity contribution < 1.29 is 14.7 Å². The Labute approximate surface area is 81.6 Å². The van der Waals surface area contributed by atoms with E-state index in [0.717, 1.165) is 0 Å². The molecule has 0 bridgehead atoms. The van der Waals surface area contributed by atoms with Crippen molar-refractivity contribution in [1.82, 2.24) is 4.98 Å². The van der Waals surface area contributed by atoms with Gasteiger partial charge in [-0.15, -0.1) is 0 Å². The molecule has 0 aromatic carbocycles.